The van der Waals surface area contributed by atoms with Crippen LogP contribution in [0.3, 0.4) is 0 Å². The molecule has 0 bridgehead atoms. The van der Waals surface area contributed by atoms with E-state index < -0.39 is 10.0 Å². The van der Waals surface area contributed by atoms with Gasteiger partial charge >= 0.3 is 6.03 Å². The van der Waals surface area contributed by atoms with Gasteiger partial charge in [-0.1, -0.05) is 43.3 Å². The van der Waals surface area contributed by atoms with E-state index in [4.69, 9.17) is 0 Å². The van der Waals surface area contributed by atoms with Gasteiger partial charge in [0.1, 0.15) is 0 Å². The van der Waals surface area contributed by atoms with Gasteiger partial charge in [0, 0.05) is 18.8 Å². The highest BCUT2D eigenvalue weighted by Gasteiger charge is 2.28. The Hall–Kier alpha value is -2.54. The molecular weight excluding hydrogens is 350 g/mol. The average Bonchev–Trinajstić information content (AvgIpc) is 3.05. The Morgan fingerprint density at radius 2 is 1.92 bits per heavy atom. The highest BCUT2D eigenvalue weighted by molar-refractivity contribution is 7.92. The van der Waals surface area contributed by atoms with Crippen LogP contribution in [0.1, 0.15) is 24.5 Å². The molecule has 0 spiro atoms. The minimum atomic E-state index is -3.31. The van der Waals surface area contributed by atoms with Crippen LogP contribution in [0.5, 0.6) is 0 Å². The number of fused-ring (bicyclic) bond motifs is 1. The van der Waals surface area contributed by atoms with Crippen molar-refractivity contribution in [2.24, 2.45) is 0 Å². The minimum Gasteiger partial charge on any atom is -0.334 e. The molecule has 0 aromatic heterocycles. The van der Waals surface area contributed by atoms with Gasteiger partial charge in [-0.2, -0.15) is 0 Å². The first kappa shape index (κ1) is 18.3. The van der Waals surface area contributed by atoms with E-state index in [2.05, 4.69) is 10.6 Å². The molecule has 2 amide bonds. The number of anilines is 2. The summed E-state index contributed by atoms with van der Waals surface area (Å²) in [5, 5.41) is 5.57. The van der Waals surface area contributed by atoms with Crippen LogP contribution in [0, 0.1) is 0 Å². The molecule has 0 fully saturated rings. The lowest BCUT2D eigenvalue weighted by Gasteiger charge is -2.19. The number of carbonyl (C=O) groups excluding carboxylic acids is 1. The fourth-order valence-corrected chi connectivity index (χ4v) is 4.61. The molecular formula is C19H23N3O3S. The normalized spacial score (nSPS) is 13.3. The van der Waals surface area contributed by atoms with E-state index in [9.17, 15) is 13.2 Å². The summed E-state index contributed by atoms with van der Waals surface area (Å²) in [7, 11) is -3.31. The lowest BCUT2D eigenvalue weighted by Crippen LogP contribution is -2.31. The molecule has 1 heterocycles. The van der Waals surface area contributed by atoms with E-state index in [0.29, 0.717) is 37.3 Å². The van der Waals surface area contributed by atoms with Gasteiger partial charge in [-0.3, -0.25) is 4.31 Å². The Morgan fingerprint density at radius 3 is 2.65 bits per heavy atom. The Balaban J connectivity index is 1.68. The van der Waals surface area contributed by atoms with Gasteiger partial charge < -0.3 is 10.6 Å². The molecule has 6 nitrogen and oxygen atoms in total. The second kappa shape index (κ2) is 7.78. The lowest BCUT2D eigenvalue weighted by molar-refractivity contribution is 0.251. The Bertz CT molecular complexity index is 882. The van der Waals surface area contributed by atoms with Gasteiger partial charge in [-0.25, -0.2) is 13.2 Å². The standard InChI is InChI=1S/C19H23N3O3S/c1-2-12-26(24,25)22-11-10-16-8-9-17(13-18(16)22)21-19(23)20-14-15-6-4-3-5-7-15/h3-9,13H,2,10-12,14H2,1H3,(H2,20,21,23). The molecule has 0 saturated carbocycles. The summed E-state index contributed by atoms with van der Waals surface area (Å²) in [6.07, 6.45) is 1.27. The van der Waals surface area contributed by atoms with Gasteiger partial charge in [0.25, 0.3) is 0 Å². The van der Waals surface area contributed by atoms with Crippen molar-refractivity contribution < 1.29 is 13.2 Å². The van der Waals surface area contributed by atoms with Crippen molar-refractivity contribution in [3.63, 3.8) is 0 Å². The molecule has 26 heavy (non-hydrogen) atoms. The number of rotatable bonds is 6. The fourth-order valence-electron chi connectivity index (χ4n) is 3.04. The zero-order valence-corrected chi connectivity index (χ0v) is 15.6. The fraction of sp³-hybridized carbons (Fsp3) is 0.316. The zero-order chi connectivity index (χ0) is 18.6. The van der Waals surface area contributed by atoms with E-state index in [1.165, 1.54) is 4.31 Å². The Labute approximate surface area is 154 Å². The largest absolute Gasteiger partial charge is 0.334 e. The molecule has 1 aliphatic heterocycles. The third-order valence-electron chi connectivity index (χ3n) is 4.29. The topological polar surface area (TPSA) is 78.5 Å². The number of amides is 2. The quantitative estimate of drug-likeness (QED) is 0.817. The van der Waals surface area contributed by atoms with E-state index in [1.807, 2.05) is 43.3 Å². The molecule has 1 aliphatic rings. The van der Waals surface area contributed by atoms with Crippen molar-refractivity contribution in [2.45, 2.75) is 26.3 Å². The monoisotopic (exact) mass is 373 g/mol. The van der Waals surface area contributed by atoms with Crippen molar-refractivity contribution in [3.8, 4) is 0 Å². The number of benzene rings is 2. The highest BCUT2D eigenvalue weighted by Crippen LogP contribution is 2.33. The molecule has 0 saturated heterocycles. The summed E-state index contributed by atoms with van der Waals surface area (Å²) >= 11 is 0. The molecule has 7 heteroatoms. The van der Waals surface area contributed by atoms with Crippen molar-refractivity contribution in [2.75, 3.05) is 21.9 Å². The SMILES string of the molecule is CCCS(=O)(=O)N1CCc2ccc(NC(=O)NCc3ccccc3)cc21. The first-order valence-electron chi connectivity index (χ1n) is 8.72. The molecule has 0 radical (unpaired) electrons. The van der Waals surface area contributed by atoms with Gasteiger partial charge in [-0.05, 0) is 36.1 Å². The highest BCUT2D eigenvalue weighted by atomic mass is 32.2. The number of hydrogen-bond donors (Lipinski definition) is 2. The predicted molar refractivity (Wildman–Crippen MR) is 104 cm³/mol. The maximum Gasteiger partial charge on any atom is 0.319 e. The number of carbonyl (C=O) groups is 1. The summed E-state index contributed by atoms with van der Waals surface area (Å²) in [4.78, 5) is 12.1. The van der Waals surface area contributed by atoms with Crippen LogP contribution in [-0.2, 0) is 23.0 Å². The van der Waals surface area contributed by atoms with Crippen LogP contribution in [0.2, 0.25) is 0 Å². The molecule has 0 unspecified atom stereocenters. The molecule has 138 valence electrons. The van der Waals surface area contributed by atoms with Crippen LogP contribution in [0.15, 0.2) is 48.5 Å². The van der Waals surface area contributed by atoms with E-state index in [1.54, 1.807) is 12.1 Å². The summed E-state index contributed by atoms with van der Waals surface area (Å²) < 4.78 is 26.3. The first-order chi connectivity index (χ1) is 12.5. The number of urea groups is 1. The van der Waals surface area contributed by atoms with Crippen LogP contribution < -0.4 is 14.9 Å². The smallest absolute Gasteiger partial charge is 0.319 e. The maximum atomic E-state index is 12.4. The van der Waals surface area contributed by atoms with Crippen molar-refractivity contribution in [1.29, 1.82) is 0 Å². The second-order valence-electron chi connectivity index (χ2n) is 6.27. The molecule has 0 atom stereocenters. The van der Waals surface area contributed by atoms with E-state index in [-0.39, 0.29) is 11.8 Å². The van der Waals surface area contributed by atoms with Gasteiger partial charge in [-0.15, -0.1) is 0 Å². The molecule has 2 aromatic rings. The maximum absolute atomic E-state index is 12.4. The predicted octanol–water partition coefficient (Wildman–Crippen LogP) is 3.11. The van der Waals surface area contributed by atoms with Gasteiger partial charge in [0.15, 0.2) is 0 Å². The van der Waals surface area contributed by atoms with Gasteiger partial charge in [0.05, 0.1) is 11.4 Å². The summed E-state index contributed by atoms with van der Waals surface area (Å²) in [6, 6.07) is 14.7. The van der Waals surface area contributed by atoms with Crippen LogP contribution in [0.4, 0.5) is 16.2 Å². The van der Waals surface area contributed by atoms with Crippen molar-refractivity contribution in [3.05, 3.63) is 59.7 Å². The second-order valence-corrected chi connectivity index (χ2v) is 8.29. The van der Waals surface area contributed by atoms with Crippen LogP contribution >= 0.6 is 0 Å². The number of nitrogens with zero attached hydrogens (tertiary/aromatic N) is 1. The Kier molecular flexibility index (Phi) is 5.46. The lowest BCUT2D eigenvalue weighted by atomic mass is 10.1. The van der Waals surface area contributed by atoms with Crippen LogP contribution in [0.25, 0.3) is 0 Å². The van der Waals surface area contributed by atoms with Crippen LogP contribution in [-0.4, -0.2) is 26.7 Å². The van der Waals surface area contributed by atoms with Gasteiger partial charge in [0.2, 0.25) is 10.0 Å². The molecule has 3 rings (SSSR count). The summed E-state index contributed by atoms with van der Waals surface area (Å²) in [5.74, 6) is 0.127. The van der Waals surface area contributed by atoms with E-state index in [0.717, 1.165) is 11.1 Å². The zero-order valence-electron chi connectivity index (χ0n) is 14.7. The Morgan fingerprint density at radius 1 is 1.15 bits per heavy atom. The third-order valence-corrected chi connectivity index (χ3v) is 6.26. The van der Waals surface area contributed by atoms with E-state index >= 15 is 0 Å². The number of hydrogen-bond acceptors (Lipinski definition) is 3. The molecule has 2 N–H and O–H groups in total. The molecule has 0 aliphatic carbocycles. The summed E-state index contributed by atoms with van der Waals surface area (Å²) in [5.41, 5.74) is 3.24. The third kappa shape index (κ3) is 4.16. The van der Waals surface area contributed by atoms with Crippen molar-refractivity contribution >= 4 is 27.4 Å². The number of sulfonamides is 1. The minimum absolute atomic E-state index is 0.127. The molecule has 2 aromatic carbocycles. The first-order valence-corrected chi connectivity index (χ1v) is 10.3. The van der Waals surface area contributed by atoms with Crippen molar-refractivity contribution in [1.82, 2.24) is 5.32 Å². The average molecular weight is 373 g/mol. The number of nitrogens with one attached hydrogen (secondary N) is 2. The summed E-state index contributed by atoms with van der Waals surface area (Å²) in [6.45, 7) is 2.74.